The van der Waals surface area contributed by atoms with E-state index in [4.69, 9.17) is 4.74 Å². The number of imidazole rings is 1. The zero-order valence-corrected chi connectivity index (χ0v) is 19.0. The van der Waals surface area contributed by atoms with Crippen molar-refractivity contribution in [1.82, 2.24) is 4.57 Å². The third kappa shape index (κ3) is 4.55. The lowest BCUT2D eigenvalue weighted by atomic mass is 10.0. The molecule has 0 amide bonds. The van der Waals surface area contributed by atoms with Crippen LogP contribution in [-0.4, -0.2) is 16.5 Å². The highest BCUT2D eigenvalue weighted by Gasteiger charge is 2.26. The summed E-state index contributed by atoms with van der Waals surface area (Å²) in [5, 5.41) is 0. The first kappa shape index (κ1) is 20.8. The molecule has 1 aromatic heterocycles. The molecular weight excluding hydrogens is 484 g/mol. The van der Waals surface area contributed by atoms with Gasteiger partial charge in [0.1, 0.15) is 30.8 Å². The number of hydrogen-bond donors (Lipinski definition) is 0. The first-order valence-corrected chi connectivity index (χ1v) is 9.87. The molecule has 1 aliphatic rings. The summed E-state index contributed by atoms with van der Waals surface area (Å²) in [6, 6.07) is 11.8. The zero-order valence-electron chi connectivity index (χ0n) is 15.9. The molecule has 2 heterocycles. The highest BCUT2D eigenvalue weighted by molar-refractivity contribution is 9.10. The standard InChI is InChI=1S/C22H22BrN2O2.BrH/c1-15-9-16(2)20-11-19(27-22(20)10-15)12-24-7-8-25(14-24)13-21(26)17-3-5-18(23)6-4-17;/h3-10,14,19H,11-13H2,1-2H3;1H/q+1;/p-1. The second kappa shape index (κ2) is 8.62. The van der Waals surface area contributed by atoms with Crippen LogP contribution in [0.4, 0.5) is 0 Å². The lowest BCUT2D eigenvalue weighted by Crippen LogP contribution is -3.00. The van der Waals surface area contributed by atoms with E-state index in [0.29, 0.717) is 6.54 Å². The molecule has 28 heavy (non-hydrogen) atoms. The summed E-state index contributed by atoms with van der Waals surface area (Å²) < 4.78 is 11.1. The maximum Gasteiger partial charge on any atom is 0.244 e. The highest BCUT2D eigenvalue weighted by Crippen LogP contribution is 2.33. The molecule has 4 nitrogen and oxygen atoms in total. The molecule has 4 rings (SSSR count). The molecule has 0 spiro atoms. The summed E-state index contributed by atoms with van der Waals surface area (Å²) in [7, 11) is 0. The number of Topliss-reactive ketones (excluding diaryl/α,β-unsaturated/α-hetero) is 1. The monoisotopic (exact) mass is 504 g/mol. The van der Waals surface area contributed by atoms with Crippen molar-refractivity contribution in [2.75, 3.05) is 0 Å². The van der Waals surface area contributed by atoms with Gasteiger partial charge in [-0.1, -0.05) is 34.1 Å². The Hall–Kier alpha value is -1.92. The van der Waals surface area contributed by atoms with Crippen LogP contribution >= 0.6 is 15.9 Å². The minimum atomic E-state index is 0. The summed E-state index contributed by atoms with van der Waals surface area (Å²) in [6.45, 7) is 5.35. The summed E-state index contributed by atoms with van der Waals surface area (Å²) in [6.07, 6.45) is 6.97. The topological polar surface area (TPSA) is 35.1 Å². The molecule has 1 atom stereocenters. The van der Waals surface area contributed by atoms with E-state index in [1.165, 1.54) is 16.7 Å². The van der Waals surface area contributed by atoms with E-state index < -0.39 is 0 Å². The molecule has 0 N–H and O–H groups in total. The summed E-state index contributed by atoms with van der Waals surface area (Å²) in [5.74, 6) is 1.11. The highest BCUT2D eigenvalue weighted by atomic mass is 79.9. The number of aryl methyl sites for hydroxylation is 2. The molecular formula is C22H22Br2N2O2. The van der Waals surface area contributed by atoms with Crippen LogP contribution in [0.5, 0.6) is 5.75 Å². The smallest absolute Gasteiger partial charge is 0.244 e. The number of ether oxygens (including phenoxy) is 1. The van der Waals surface area contributed by atoms with Crippen molar-refractivity contribution in [2.45, 2.75) is 39.5 Å². The van der Waals surface area contributed by atoms with Gasteiger partial charge in [0, 0.05) is 22.0 Å². The van der Waals surface area contributed by atoms with Gasteiger partial charge in [-0.25, -0.2) is 9.13 Å². The first-order chi connectivity index (χ1) is 13.0. The van der Waals surface area contributed by atoms with E-state index in [0.717, 1.165) is 28.8 Å². The zero-order chi connectivity index (χ0) is 19.0. The van der Waals surface area contributed by atoms with Crippen LogP contribution in [0.25, 0.3) is 0 Å². The number of aromatic nitrogens is 2. The molecule has 146 valence electrons. The maximum atomic E-state index is 12.4. The van der Waals surface area contributed by atoms with Crippen molar-refractivity contribution in [2.24, 2.45) is 0 Å². The van der Waals surface area contributed by atoms with Crippen molar-refractivity contribution in [1.29, 1.82) is 0 Å². The van der Waals surface area contributed by atoms with Gasteiger partial charge in [0.15, 0.2) is 6.54 Å². The van der Waals surface area contributed by atoms with Gasteiger partial charge in [0.05, 0.1) is 0 Å². The molecule has 3 aromatic rings. The van der Waals surface area contributed by atoms with Gasteiger partial charge >= 0.3 is 0 Å². The predicted octanol–water partition coefficient (Wildman–Crippen LogP) is 1.05. The molecule has 0 saturated heterocycles. The summed E-state index contributed by atoms with van der Waals surface area (Å²) in [4.78, 5) is 12.4. The second-order valence-electron chi connectivity index (χ2n) is 7.22. The molecule has 2 aromatic carbocycles. The average Bonchev–Trinajstić information content (AvgIpc) is 3.22. The number of fused-ring (bicyclic) bond motifs is 1. The number of halogens is 2. The van der Waals surface area contributed by atoms with E-state index >= 15 is 0 Å². The van der Waals surface area contributed by atoms with Crippen LogP contribution < -0.4 is 26.3 Å². The van der Waals surface area contributed by atoms with Gasteiger partial charge < -0.3 is 21.7 Å². The normalized spacial score (nSPS) is 14.9. The fourth-order valence-corrected chi connectivity index (χ4v) is 3.91. The molecule has 0 aliphatic carbocycles. The number of rotatable bonds is 5. The Morgan fingerprint density at radius 2 is 2.00 bits per heavy atom. The van der Waals surface area contributed by atoms with Gasteiger partial charge in [-0.3, -0.25) is 4.79 Å². The SMILES string of the molecule is Cc1cc(C)c2c(c1)OC(Cn1cc[n+](CC(=O)c3ccc(Br)cc3)c1)C2.[Br-]. The van der Waals surface area contributed by atoms with E-state index in [9.17, 15) is 4.79 Å². The fourth-order valence-electron chi connectivity index (χ4n) is 3.64. The minimum absolute atomic E-state index is 0. The largest absolute Gasteiger partial charge is 1.00 e. The first-order valence-electron chi connectivity index (χ1n) is 9.08. The number of carbonyl (C=O) groups excluding carboxylic acids is 1. The lowest BCUT2D eigenvalue weighted by Gasteiger charge is -2.07. The minimum Gasteiger partial charge on any atom is -1.00 e. The molecule has 6 heteroatoms. The summed E-state index contributed by atoms with van der Waals surface area (Å²) >= 11 is 3.39. The summed E-state index contributed by atoms with van der Waals surface area (Å²) in [5.41, 5.74) is 4.57. The Labute approximate surface area is 184 Å². The van der Waals surface area contributed by atoms with E-state index in [2.05, 4.69) is 46.5 Å². The van der Waals surface area contributed by atoms with Crippen LogP contribution in [0.2, 0.25) is 0 Å². The molecule has 0 saturated carbocycles. The number of ketones is 1. The van der Waals surface area contributed by atoms with Gasteiger partial charge in [0.25, 0.3) is 0 Å². The number of hydrogen-bond acceptors (Lipinski definition) is 2. The number of benzene rings is 2. The van der Waals surface area contributed by atoms with Gasteiger partial charge in [-0.15, -0.1) is 0 Å². The van der Waals surface area contributed by atoms with Gasteiger partial charge in [0.2, 0.25) is 12.1 Å². The van der Waals surface area contributed by atoms with Crippen LogP contribution in [0.15, 0.2) is 59.6 Å². The van der Waals surface area contributed by atoms with Crippen LogP contribution in [0.3, 0.4) is 0 Å². The molecule has 0 fully saturated rings. The van der Waals surface area contributed by atoms with Gasteiger partial charge in [-0.05, 0) is 43.2 Å². The van der Waals surface area contributed by atoms with E-state index in [-0.39, 0.29) is 28.9 Å². The Bertz CT molecular complexity index is 996. The maximum absolute atomic E-state index is 12.4. The fraction of sp³-hybridized carbons (Fsp3) is 0.273. The Balaban J connectivity index is 0.00000225. The van der Waals surface area contributed by atoms with E-state index in [1.54, 1.807) is 0 Å². The third-order valence-corrected chi connectivity index (χ3v) is 5.48. The van der Waals surface area contributed by atoms with Gasteiger partial charge in [-0.2, -0.15) is 0 Å². The van der Waals surface area contributed by atoms with Crippen molar-refractivity contribution >= 4 is 21.7 Å². The second-order valence-corrected chi connectivity index (χ2v) is 8.13. The molecule has 1 unspecified atom stereocenters. The Morgan fingerprint density at radius 1 is 1.25 bits per heavy atom. The van der Waals surface area contributed by atoms with Crippen molar-refractivity contribution in [3.63, 3.8) is 0 Å². The van der Waals surface area contributed by atoms with Crippen molar-refractivity contribution in [3.8, 4) is 5.75 Å². The lowest BCUT2D eigenvalue weighted by molar-refractivity contribution is -0.682. The quantitative estimate of drug-likeness (QED) is 0.384. The third-order valence-electron chi connectivity index (χ3n) is 4.95. The average molecular weight is 506 g/mol. The van der Waals surface area contributed by atoms with Crippen LogP contribution in [0, 0.1) is 13.8 Å². The predicted molar refractivity (Wildman–Crippen MR) is 107 cm³/mol. The Morgan fingerprint density at radius 3 is 2.75 bits per heavy atom. The molecule has 0 radical (unpaired) electrons. The number of nitrogens with zero attached hydrogens (tertiary/aromatic N) is 2. The molecule has 1 aliphatic heterocycles. The van der Waals surface area contributed by atoms with Crippen molar-refractivity contribution in [3.05, 3.63) is 81.8 Å². The van der Waals surface area contributed by atoms with Crippen molar-refractivity contribution < 1.29 is 31.1 Å². The Kier molecular flexibility index (Phi) is 6.40. The van der Waals surface area contributed by atoms with Crippen LogP contribution in [-0.2, 0) is 19.5 Å². The van der Waals surface area contributed by atoms with E-state index in [1.807, 2.05) is 47.6 Å². The number of carbonyl (C=O) groups is 1. The van der Waals surface area contributed by atoms with Crippen LogP contribution in [0.1, 0.15) is 27.0 Å². The molecule has 0 bridgehead atoms.